The SMILES string of the molecule is CCCNC(c1ccc(OC)cc1)c1nc(CC)c(C)s1. The first kappa shape index (κ1) is 16.0. The van der Waals surface area contributed by atoms with E-state index in [0.717, 1.165) is 30.1 Å². The molecule has 0 aliphatic heterocycles. The van der Waals surface area contributed by atoms with Crippen LogP contribution >= 0.6 is 11.3 Å². The molecule has 1 unspecified atom stereocenters. The van der Waals surface area contributed by atoms with E-state index in [0.29, 0.717) is 0 Å². The van der Waals surface area contributed by atoms with Crippen molar-refractivity contribution in [1.29, 1.82) is 0 Å². The van der Waals surface area contributed by atoms with Crippen LogP contribution in [0.1, 0.15) is 47.5 Å². The Kier molecular flexibility index (Phi) is 5.76. The summed E-state index contributed by atoms with van der Waals surface area (Å²) in [5, 5.41) is 4.77. The van der Waals surface area contributed by atoms with Crippen molar-refractivity contribution in [2.45, 2.75) is 39.7 Å². The maximum absolute atomic E-state index is 5.24. The first-order chi connectivity index (χ1) is 10.2. The van der Waals surface area contributed by atoms with Crippen molar-refractivity contribution in [3.05, 3.63) is 45.4 Å². The Bertz CT molecular complexity index is 563. The first-order valence-corrected chi connectivity index (χ1v) is 8.34. The van der Waals surface area contributed by atoms with Crippen LogP contribution in [0.5, 0.6) is 5.75 Å². The molecule has 1 atom stereocenters. The van der Waals surface area contributed by atoms with Crippen LogP contribution in [0.15, 0.2) is 24.3 Å². The van der Waals surface area contributed by atoms with Crippen LogP contribution < -0.4 is 10.1 Å². The fourth-order valence-corrected chi connectivity index (χ4v) is 3.45. The Morgan fingerprint density at radius 1 is 1.24 bits per heavy atom. The second-order valence-electron chi connectivity index (χ2n) is 5.07. The van der Waals surface area contributed by atoms with E-state index >= 15 is 0 Å². The van der Waals surface area contributed by atoms with Crippen LogP contribution in [0.2, 0.25) is 0 Å². The monoisotopic (exact) mass is 304 g/mol. The third-order valence-electron chi connectivity index (χ3n) is 3.54. The highest BCUT2D eigenvalue weighted by molar-refractivity contribution is 7.11. The lowest BCUT2D eigenvalue weighted by atomic mass is 10.1. The lowest BCUT2D eigenvalue weighted by Gasteiger charge is -2.17. The van der Waals surface area contributed by atoms with Crippen LogP contribution in [0.4, 0.5) is 0 Å². The van der Waals surface area contributed by atoms with Crippen molar-refractivity contribution >= 4 is 11.3 Å². The van der Waals surface area contributed by atoms with Gasteiger partial charge in [-0.3, -0.25) is 0 Å². The highest BCUT2D eigenvalue weighted by Gasteiger charge is 2.18. The summed E-state index contributed by atoms with van der Waals surface area (Å²) in [7, 11) is 1.69. The van der Waals surface area contributed by atoms with E-state index < -0.39 is 0 Å². The average molecular weight is 304 g/mol. The standard InChI is InChI=1S/C17H24N2OS/c1-5-11-18-16(13-7-9-14(20-4)10-8-13)17-19-15(6-2)12(3)21-17/h7-10,16,18H,5-6,11H2,1-4H3. The Labute approximate surface area is 131 Å². The van der Waals surface area contributed by atoms with Gasteiger partial charge in [-0.2, -0.15) is 0 Å². The number of methoxy groups -OCH3 is 1. The maximum Gasteiger partial charge on any atom is 0.118 e. The van der Waals surface area contributed by atoms with Gasteiger partial charge in [0.2, 0.25) is 0 Å². The molecule has 1 aromatic heterocycles. The quantitative estimate of drug-likeness (QED) is 0.836. The van der Waals surface area contributed by atoms with Gasteiger partial charge in [-0.05, 0) is 44.0 Å². The molecule has 4 heteroatoms. The third-order valence-corrected chi connectivity index (χ3v) is 4.62. The summed E-state index contributed by atoms with van der Waals surface area (Å²) < 4.78 is 5.24. The summed E-state index contributed by atoms with van der Waals surface area (Å²) in [5.74, 6) is 0.887. The number of thiazole rings is 1. The molecule has 2 rings (SSSR count). The summed E-state index contributed by atoms with van der Waals surface area (Å²) >= 11 is 1.80. The number of benzene rings is 1. The second kappa shape index (κ2) is 7.57. The van der Waals surface area contributed by atoms with Gasteiger partial charge < -0.3 is 10.1 Å². The summed E-state index contributed by atoms with van der Waals surface area (Å²) in [6.45, 7) is 7.48. The molecule has 1 N–H and O–H groups in total. The Balaban J connectivity index is 2.31. The molecule has 0 aliphatic rings. The van der Waals surface area contributed by atoms with E-state index in [-0.39, 0.29) is 6.04 Å². The number of nitrogens with one attached hydrogen (secondary N) is 1. The lowest BCUT2D eigenvalue weighted by molar-refractivity contribution is 0.414. The number of nitrogens with zero attached hydrogens (tertiary/aromatic N) is 1. The molecule has 0 saturated heterocycles. The third kappa shape index (κ3) is 3.83. The van der Waals surface area contributed by atoms with Crippen molar-refractivity contribution in [3.63, 3.8) is 0 Å². The number of ether oxygens (including phenoxy) is 1. The zero-order chi connectivity index (χ0) is 15.2. The molecule has 0 bridgehead atoms. The molecule has 1 aromatic carbocycles. The van der Waals surface area contributed by atoms with Crippen LogP contribution in [-0.2, 0) is 6.42 Å². The fourth-order valence-electron chi connectivity index (χ4n) is 2.33. The predicted molar refractivity (Wildman–Crippen MR) is 89.4 cm³/mol. The van der Waals surface area contributed by atoms with Crippen LogP contribution in [0.3, 0.4) is 0 Å². The molecule has 21 heavy (non-hydrogen) atoms. The molecule has 0 spiro atoms. The molecule has 1 heterocycles. The van der Waals surface area contributed by atoms with Crippen molar-refractivity contribution in [2.75, 3.05) is 13.7 Å². The van der Waals surface area contributed by atoms with Gasteiger partial charge in [0.25, 0.3) is 0 Å². The minimum absolute atomic E-state index is 0.167. The minimum Gasteiger partial charge on any atom is -0.497 e. The van der Waals surface area contributed by atoms with E-state index in [9.17, 15) is 0 Å². The van der Waals surface area contributed by atoms with Crippen molar-refractivity contribution in [1.82, 2.24) is 10.3 Å². The van der Waals surface area contributed by atoms with Gasteiger partial charge in [0.15, 0.2) is 0 Å². The molecular formula is C17H24N2OS. The smallest absolute Gasteiger partial charge is 0.118 e. The van der Waals surface area contributed by atoms with Crippen molar-refractivity contribution in [3.8, 4) is 5.75 Å². The maximum atomic E-state index is 5.24. The largest absolute Gasteiger partial charge is 0.497 e. The second-order valence-corrected chi connectivity index (χ2v) is 6.30. The van der Waals surface area contributed by atoms with Gasteiger partial charge in [-0.1, -0.05) is 26.0 Å². The van der Waals surface area contributed by atoms with Crippen LogP contribution in [0, 0.1) is 6.92 Å². The fraction of sp³-hybridized carbons (Fsp3) is 0.471. The molecule has 0 saturated carbocycles. The summed E-state index contributed by atoms with van der Waals surface area (Å²) in [5.41, 5.74) is 2.45. The van der Waals surface area contributed by atoms with Crippen molar-refractivity contribution in [2.24, 2.45) is 0 Å². The van der Waals surface area contributed by atoms with Crippen LogP contribution in [0.25, 0.3) is 0 Å². The molecule has 0 radical (unpaired) electrons. The summed E-state index contributed by atoms with van der Waals surface area (Å²) in [4.78, 5) is 6.15. The Hall–Kier alpha value is -1.39. The highest BCUT2D eigenvalue weighted by atomic mass is 32.1. The van der Waals surface area contributed by atoms with E-state index in [2.05, 4.69) is 38.2 Å². The number of hydrogen-bond donors (Lipinski definition) is 1. The number of aryl methyl sites for hydroxylation is 2. The minimum atomic E-state index is 0.167. The molecular weight excluding hydrogens is 280 g/mol. The molecule has 0 amide bonds. The first-order valence-electron chi connectivity index (χ1n) is 7.53. The van der Waals surface area contributed by atoms with Gasteiger partial charge in [-0.15, -0.1) is 11.3 Å². The normalized spacial score (nSPS) is 12.4. The van der Waals surface area contributed by atoms with Crippen molar-refractivity contribution < 1.29 is 4.74 Å². The zero-order valence-corrected chi connectivity index (χ0v) is 14.1. The van der Waals surface area contributed by atoms with E-state index in [1.54, 1.807) is 18.4 Å². The topological polar surface area (TPSA) is 34.1 Å². The van der Waals surface area contributed by atoms with Crippen LogP contribution in [-0.4, -0.2) is 18.6 Å². The average Bonchev–Trinajstić information content (AvgIpc) is 2.89. The Morgan fingerprint density at radius 2 is 1.95 bits per heavy atom. The van der Waals surface area contributed by atoms with E-state index in [1.807, 2.05) is 12.1 Å². The van der Waals surface area contributed by atoms with Gasteiger partial charge in [-0.25, -0.2) is 4.98 Å². The molecule has 114 valence electrons. The van der Waals surface area contributed by atoms with Gasteiger partial charge in [0.1, 0.15) is 10.8 Å². The molecule has 0 aliphatic carbocycles. The molecule has 3 nitrogen and oxygen atoms in total. The van der Waals surface area contributed by atoms with Gasteiger partial charge in [0, 0.05) is 4.88 Å². The molecule has 2 aromatic rings. The van der Waals surface area contributed by atoms with Gasteiger partial charge >= 0.3 is 0 Å². The lowest BCUT2D eigenvalue weighted by Crippen LogP contribution is -2.23. The van der Waals surface area contributed by atoms with E-state index in [1.165, 1.54) is 16.1 Å². The van der Waals surface area contributed by atoms with E-state index in [4.69, 9.17) is 9.72 Å². The molecule has 0 fully saturated rings. The number of aromatic nitrogens is 1. The number of rotatable bonds is 7. The number of hydrogen-bond acceptors (Lipinski definition) is 4. The Morgan fingerprint density at radius 3 is 2.48 bits per heavy atom. The van der Waals surface area contributed by atoms with Gasteiger partial charge in [0.05, 0.1) is 18.8 Å². The summed E-state index contributed by atoms with van der Waals surface area (Å²) in [6, 6.07) is 8.43. The highest BCUT2D eigenvalue weighted by Crippen LogP contribution is 2.29. The zero-order valence-electron chi connectivity index (χ0n) is 13.3. The predicted octanol–water partition coefficient (Wildman–Crippen LogP) is 4.11. The summed E-state index contributed by atoms with van der Waals surface area (Å²) in [6.07, 6.45) is 2.10.